The zero-order valence-electron chi connectivity index (χ0n) is 20.1. The van der Waals surface area contributed by atoms with Crippen molar-refractivity contribution >= 4 is 0 Å². The van der Waals surface area contributed by atoms with Crippen molar-refractivity contribution in [2.24, 2.45) is 0 Å². The summed E-state index contributed by atoms with van der Waals surface area (Å²) in [4.78, 5) is 0. The molecule has 1 unspecified atom stereocenters. The van der Waals surface area contributed by atoms with Crippen LogP contribution in [0.2, 0.25) is 0 Å². The van der Waals surface area contributed by atoms with E-state index in [-0.39, 0.29) is 5.82 Å². The van der Waals surface area contributed by atoms with Crippen LogP contribution < -0.4 is 19.5 Å². The highest BCUT2D eigenvalue weighted by atomic mass is 19.1. The van der Waals surface area contributed by atoms with Crippen LogP contribution in [0.5, 0.6) is 23.0 Å². The predicted molar refractivity (Wildman–Crippen MR) is 134 cm³/mol. The van der Waals surface area contributed by atoms with Gasteiger partial charge in [-0.15, -0.1) is 0 Å². The van der Waals surface area contributed by atoms with Crippen molar-refractivity contribution in [2.45, 2.75) is 51.0 Å². The van der Waals surface area contributed by atoms with Gasteiger partial charge in [0, 0.05) is 6.04 Å². The smallest absolute Gasteiger partial charge is 0.169 e. The molecule has 1 aliphatic heterocycles. The number of fused-ring (bicyclic) bond motifs is 4. The number of rotatable bonds is 6. The minimum absolute atomic E-state index is 0.172. The summed E-state index contributed by atoms with van der Waals surface area (Å²) in [5, 5.41) is 3.73. The number of halogens is 1. The van der Waals surface area contributed by atoms with Crippen LogP contribution in [0, 0.1) is 5.82 Å². The number of methoxy groups -OCH3 is 2. The fraction of sp³-hybridized carbons (Fsp3) is 0.379. The number of aryl methyl sites for hydroxylation is 2. The van der Waals surface area contributed by atoms with Gasteiger partial charge in [0.15, 0.2) is 23.0 Å². The molecule has 0 saturated heterocycles. The van der Waals surface area contributed by atoms with E-state index in [1.807, 2.05) is 18.2 Å². The minimum atomic E-state index is -0.172. The summed E-state index contributed by atoms with van der Waals surface area (Å²) < 4.78 is 30.9. The van der Waals surface area contributed by atoms with Gasteiger partial charge in [0.1, 0.15) is 5.82 Å². The zero-order valence-corrected chi connectivity index (χ0v) is 20.1. The Bertz CT molecular complexity index is 1080. The zero-order chi connectivity index (χ0) is 23.8. The molecule has 4 bridgehead atoms. The molecule has 4 nitrogen and oxygen atoms in total. The molecule has 1 heterocycles. The van der Waals surface area contributed by atoms with Crippen molar-refractivity contribution in [3.8, 4) is 23.0 Å². The van der Waals surface area contributed by atoms with Crippen LogP contribution in [-0.4, -0.2) is 26.8 Å². The molecular formula is C29H34FNO3. The molecule has 0 aromatic heterocycles. The van der Waals surface area contributed by atoms with Gasteiger partial charge in [-0.05, 0) is 98.2 Å². The third-order valence-electron chi connectivity index (χ3n) is 6.46. The Kier molecular flexibility index (Phi) is 8.42. The summed E-state index contributed by atoms with van der Waals surface area (Å²) in [5.74, 6) is 2.65. The van der Waals surface area contributed by atoms with Gasteiger partial charge in [0.05, 0.1) is 14.2 Å². The second-order valence-corrected chi connectivity index (χ2v) is 8.89. The van der Waals surface area contributed by atoms with E-state index in [0.29, 0.717) is 29.0 Å². The molecule has 0 amide bonds. The summed E-state index contributed by atoms with van der Waals surface area (Å²) in [6.45, 7) is 0.840. The minimum Gasteiger partial charge on any atom is -0.493 e. The molecule has 0 aliphatic carbocycles. The monoisotopic (exact) mass is 463 g/mol. The van der Waals surface area contributed by atoms with Crippen molar-refractivity contribution in [1.82, 2.24) is 5.32 Å². The fourth-order valence-electron chi connectivity index (χ4n) is 4.55. The lowest BCUT2D eigenvalue weighted by atomic mass is 9.98. The Labute approximate surface area is 202 Å². The third kappa shape index (κ3) is 6.51. The Morgan fingerprint density at radius 3 is 2.24 bits per heavy atom. The summed E-state index contributed by atoms with van der Waals surface area (Å²) in [6.07, 6.45) is 7.16. The van der Waals surface area contributed by atoms with Gasteiger partial charge in [-0.3, -0.25) is 0 Å². The van der Waals surface area contributed by atoms with Gasteiger partial charge in [-0.2, -0.15) is 0 Å². The first-order valence-corrected chi connectivity index (χ1v) is 12.1. The van der Waals surface area contributed by atoms with Gasteiger partial charge in [0.25, 0.3) is 0 Å². The molecule has 3 aromatic carbocycles. The van der Waals surface area contributed by atoms with Crippen molar-refractivity contribution in [1.29, 1.82) is 0 Å². The topological polar surface area (TPSA) is 39.7 Å². The van der Waals surface area contributed by atoms with E-state index in [0.717, 1.165) is 57.1 Å². The Hall–Kier alpha value is -3.05. The first kappa shape index (κ1) is 24.1. The molecule has 0 spiro atoms. The normalized spacial score (nSPS) is 16.3. The highest BCUT2D eigenvalue weighted by Crippen LogP contribution is 2.38. The van der Waals surface area contributed by atoms with E-state index in [9.17, 15) is 4.39 Å². The average molecular weight is 464 g/mol. The molecule has 180 valence electrons. The lowest BCUT2D eigenvalue weighted by molar-refractivity contribution is 0.355. The molecule has 3 aromatic rings. The van der Waals surface area contributed by atoms with Crippen LogP contribution in [-0.2, 0) is 19.3 Å². The van der Waals surface area contributed by atoms with Crippen LogP contribution in [0.15, 0.2) is 60.7 Å². The first-order valence-electron chi connectivity index (χ1n) is 12.1. The molecule has 1 aliphatic rings. The van der Waals surface area contributed by atoms with E-state index in [1.165, 1.54) is 17.2 Å². The standard InChI is InChI=1S/C29H34FNO3/c1-32-26-14-11-21-6-3-4-9-25(31-17-16-22-7-5-8-24(30)18-22)13-10-23-12-15-27(33-2)29(20-23)34-28(26)19-21/h5,7-8,11-12,14-15,18-20,25,31H,3-4,6,9-10,13,16-17H2,1-2H3. The van der Waals surface area contributed by atoms with E-state index >= 15 is 0 Å². The van der Waals surface area contributed by atoms with Crippen molar-refractivity contribution < 1.29 is 18.6 Å². The van der Waals surface area contributed by atoms with Gasteiger partial charge < -0.3 is 19.5 Å². The molecule has 0 radical (unpaired) electrons. The second kappa shape index (κ2) is 11.9. The SMILES string of the molecule is COc1ccc2cc1Oc1cc(ccc1OC)CCC(NCCc1cccc(F)c1)CCCC2. The first-order chi connectivity index (χ1) is 16.6. The number of hydrogen-bond acceptors (Lipinski definition) is 4. The molecule has 34 heavy (non-hydrogen) atoms. The van der Waals surface area contributed by atoms with E-state index in [1.54, 1.807) is 26.4 Å². The third-order valence-corrected chi connectivity index (χ3v) is 6.46. The molecular weight excluding hydrogens is 429 g/mol. The highest BCUT2D eigenvalue weighted by Gasteiger charge is 2.15. The van der Waals surface area contributed by atoms with Crippen LogP contribution in [0.1, 0.15) is 42.4 Å². The summed E-state index contributed by atoms with van der Waals surface area (Å²) in [5.41, 5.74) is 3.47. The molecule has 4 rings (SSSR count). The van der Waals surface area contributed by atoms with Gasteiger partial charge >= 0.3 is 0 Å². The average Bonchev–Trinajstić information content (AvgIpc) is 2.84. The maximum absolute atomic E-state index is 13.5. The maximum Gasteiger partial charge on any atom is 0.169 e. The second-order valence-electron chi connectivity index (χ2n) is 8.89. The molecule has 0 saturated carbocycles. The van der Waals surface area contributed by atoms with Crippen LogP contribution in [0.3, 0.4) is 0 Å². The lowest BCUT2D eigenvalue weighted by Gasteiger charge is -2.20. The largest absolute Gasteiger partial charge is 0.493 e. The van der Waals surface area contributed by atoms with E-state index in [2.05, 4.69) is 29.6 Å². The van der Waals surface area contributed by atoms with Crippen molar-refractivity contribution in [3.05, 3.63) is 83.2 Å². The summed E-state index contributed by atoms with van der Waals surface area (Å²) in [7, 11) is 3.32. The lowest BCUT2D eigenvalue weighted by Crippen LogP contribution is -2.31. The maximum atomic E-state index is 13.5. The Morgan fingerprint density at radius 1 is 0.853 bits per heavy atom. The number of ether oxygens (including phenoxy) is 3. The molecule has 0 fully saturated rings. The Balaban J connectivity index is 1.49. The van der Waals surface area contributed by atoms with Gasteiger partial charge in [0.2, 0.25) is 0 Å². The van der Waals surface area contributed by atoms with Crippen molar-refractivity contribution in [3.63, 3.8) is 0 Å². The van der Waals surface area contributed by atoms with Gasteiger partial charge in [-0.25, -0.2) is 4.39 Å². The van der Waals surface area contributed by atoms with E-state index in [4.69, 9.17) is 14.2 Å². The summed E-state index contributed by atoms with van der Waals surface area (Å²) >= 11 is 0. The summed E-state index contributed by atoms with van der Waals surface area (Å²) in [6, 6.07) is 19.6. The number of nitrogens with one attached hydrogen (secondary N) is 1. The number of benzene rings is 3. The Morgan fingerprint density at radius 2 is 1.56 bits per heavy atom. The number of hydrogen-bond donors (Lipinski definition) is 1. The van der Waals surface area contributed by atoms with E-state index < -0.39 is 0 Å². The molecule has 5 heteroatoms. The highest BCUT2D eigenvalue weighted by molar-refractivity contribution is 5.50. The fourth-order valence-corrected chi connectivity index (χ4v) is 4.55. The molecule has 1 atom stereocenters. The molecule has 1 N–H and O–H groups in total. The van der Waals surface area contributed by atoms with Gasteiger partial charge in [-0.1, -0.05) is 30.7 Å². The van der Waals surface area contributed by atoms with Crippen LogP contribution in [0.4, 0.5) is 4.39 Å². The van der Waals surface area contributed by atoms with Crippen molar-refractivity contribution in [2.75, 3.05) is 20.8 Å². The van der Waals surface area contributed by atoms with Crippen LogP contribution >= 0.6 is 0 Å². The predicted octanol–water partition coefficient (Wildman–Crippen LogP) is 6.50. The quantitative estimate of drug-likeness (QED) is 0.453. The van der Waals surface area contributed by atoms with Crippen LogP contribution in [0.25, 0.3) is 0 Å².